The van der Waals surface area contributed by atoms with Gasteiger partial charge in [0.2, 0.25) is 0 Å². The van der Waals surface area contributed by atoms with Crippen LogP contribution in [0.3, 0.4) is 0 Å². The number of fused-ring (bicyclic) bond motifs is 1. The molecule has 1 aromatic heterocycles. The molecule has 0 saturated heterocycles. The summed E-state index contributed by atoms with van der Waals surface area (Å²) < 4.78 is 1.09. The molecule has 0 atom stereocenters. The highest BCUT2D eigenvalue weighted by molar-refractivity contribution is 9.10. The van der Waals surface area contributed by atoms with E-state index in [0.717, 1.165) is 4.47 Å². The maximum atomic E-state index is 4.30. The lowest BCUT2D eigenvalue weighted by molar-refractivity contribution is 1.36. The largest absolute Gasteiger partial charge is 0.263 e. The molecule has 0 spiro atoms. The van der Waals surface area contributed by atoms with Crippen molar-refractivity contribution in [3.8, 4) is 11.1 Å². The van der Waals surface area contributed by atoms with E-state index in [0.29, 0.717) is 0 Å². The number of hydrogen-bond donors (Lipinski definition) is 0. The Bertz CT molecular complexity index is 654. The minimum Gasteiger partial charge on any atom is -0.263 e. The molecule has 3 rings (SSSR count). The van der Waals surface area contributed by atoms with Crippen molar-refractivity contribution >= 4 is 26.7 Å². The minimum atomic E-state index is 1.09. The SMILES string of the molecule is Brc1ccc(-c2cncc3ccccc23)cc1. The third kappa shape index (κ3) is 1.96. The van der Waals surface area contributed by atoms with E-state index in [2.05, 4.69) is 63.4 Å². The standard InChI is InChI=1S/C15H10BrN/c16-13-7-5-11(6-8-13)15-10-17-9-12-3-1-2-4-14(12)15/h1-10H. The number of pyridine rings is 1. The van der Waals surface area contributed by atoms with Gasteiger partial charge < -0.3 is 0 Å². The van der Waals surface area contributed by atoms with Crippen LogP contribution in [-0.2, 0) is 0 Å². The van der Waals surface area contributed by atoms with Crippen molar-refractivity contribution in [1.29, 1.82) is 0 Å². The first kappa shape index (κ1) is 10.5. The van der Waals surface area contributed by atoms with Crippen LogP contribution in [0.25, 0.3) is 21.9 Å². The summed E-state index contributed by atoms with van der Waals surface area (Å²) in [4.78, 5) is 4.30. The maximum absolute atomic E-state index is 4.30. The van der Waals surface area contributed by atoms with Crippen LogP contribution in [0.2, 0.25) is 0 Å². The fraction of sp³-hybridized carbons (Fsp3) is 0. The molecular formula is C15H10BrN. The summed E-state index contributed by atoms with van der Waals surface area (Å²) >= 11 is 3.45. The first-order valence-electron chi connectivity index (χ1n) is 5.43. The maximum Gasteiger partial charge on any atom is 0.0352 e. The summed E-state index contributed by atoms with van der Waals surface area (Å²) in [5.41, 5.74) is 2.37. The van der Waals surface area contributed by atoms with Gasteiger partial charge in [0, 0.05) is 27.8 Å². The lowest BCUT2D eigenvalue weighted by Crippen LogP contribution is -1.83. The molecule has 0 aliphatic carbocycles. The first-order chi connectivity index (χ1) is 8.34. The van der Waals surface area contributed by atoms with E-state index in [1.165, 1.54) is 21.9 Å². The summed E-state index contributed by atoms with van der Waals surface area (Å²) in [5, 5.41) is 2.41. The van der Waals surface area contributed by atoms with Gasteiger partial charge in [-0.1, -0.05) is 52.3 Å². The van der Waals surface area contributed by atoms with Crippen LogP contribution >= 0.6 is 15.9 Å². The molecule has 3 aromatic rings. The highest BCUT2D eigenvalue weighted by Gasteiger charge is 2.03. The third-order valence-electron chi connectivity index (χ3n) is 2.82. The lowest BCUT2D eigenvalue weighted by Gasteiger charge is -2.06. The Labute approximate surface area is 108 Å². The Hall–Kier alpha value is -1.67. The van der Waals surface area contributed by atoms with Crippen LogP contribution in [0.4, 0.5) is 0 Å². The van der Waals surface area contributed by atoms with E-state index in [1.54, 1.807) is 0 Å². The fourth-order valence-corrected chi connectivity index (χ4v) is 2.24. The molecule has 0 unspecified atom stereocenters. The Morgan fingerprint density at radius 1 is 0.824 bits per heavy atom. The molecule has 17 heavy (non-hydrogen) atoms. The Morgan fingerprint density at radius 2 is 1.59 bits per heavy atom. The summed E-state index contributed by atoms with van der Waals surface area (Å²) in [6, 6.07) is 16.6. The van der Waals surface area contributed by atoms with Crippen molar-refractivity contribution in [3.05, 3.63) is 65.4 Å². The summed E-state index contributed by atoms with van der Waals surface area (Å²) in [6.07, 6.45) is 3.82. The molecule has 0 saturated carbocycles. The molecule has 1 heterocycles. The monoisotopic (exact) mass is 283 g/mol. The van der Waals surface area contributed by atoms with Gasteiger partial charge in [-0.25, -0.2) is 0 Å². The Kier molecular flexibility index (Phi) is 2.65. The predicted molar refractivity (Wildman–Crippen MR) is 74.9 cm³/mol. The van der Waals surface area contributed by atoms with E-state index in [4.69, 9.17) is 0 Å². The fourth-order valence-electron chi connectivity index (χ4n) is 1.98. The second-order valence-electron chi connectivity index (χ2n) is 3.92. The van der Waals surface area contributed by atoms with Crippen molar-refractivity contribution < 1.29 is 0 Å². The molecule has 0 radical (unpaired) electrons. The summed E-state index contributed by atoms with van der Waals surface area (Å²) in [5.74, 6) is 0. The third-order valence-corrected chi connectivity index (χ3v) is 3.35. The van der Waals surface area contributed by atoms with Gasteiger partial charge in [0.15, 0.2) is 0 Å². The average Bonchev–Trinajstić information content (AvgIpc) is 2.39. The van der Waals surface area contributed by atoms with Crippen molar-refractivity contribution in [2.75, 3.05) is 0 Å². The van der Waals surface area contributed by atoms with Gasteiger partial charge in [-0.15, -0.1) is 0 Å². The van der Waals surface area contributed by atoms with Crippen molar-refractivity contribution in [2.24, 2.45) is 0 Å². The molecule has 0 aliphatic heterocycles. The van der Waals surface area contributed by atoms with Crippen molar-refractivity contribution in [2.45, 2.75) is 0 Å². The number of halogens is 1. The zero-order valence-corrected chi connectivity index (χ0v) is 10.7. The number of hydrogen-bond acceptors (Lipinski definition) is 1. The van der Waals surface area contributed by atoms with E-state index in [9.17, 15) is 0 Å². The predicted octanol–water partition coefficient (Wildman–Crippen LogP) is 4.66. The van der Waals surface area contributed by atoms with Crippen molar-refractivity contribution in [1.82, 2.24) is 4.98 Å². The van der Waals surface area contributed by atoms with Gasteiger partial charge in [-0.3, -0.25) is 4.98 Å². The quantitative estimate of drug-likeness (QED) is 0.633. The zero-order valence-electron chi connectivity index (χ0n) is 9.10. The first-order valence-corrected chi connectivity index (χ1v) is 6.22. The van der Waals surface area contributed by atoms with Gasteiger partial charge in [-0.2, -0.15) is 0 Å². The molecule has 1 nitrogen and oxygen atoms in total. The normalized spacial score (nSPS) is 10.6. The molecule has 82 valence electrons. The van der Waals surface area contributed by atoms with E-state index in [-0.39, 0.29) is 0 Å². The van der Waals surface area contributed by atoms with Crippen LogP contribution in [0.1, 0.15) is 0 Å². The number of nitrogens with zero attached hydrogens (tertiary/aromatic N) is 1. The molecule has 0 amide bonds. The van der Waals surface area contributed by atoms with Gasteiger partial charge in [0.05, 0.1) is 0 Å². The van der Waals surface area contributed by atoms with Crippen LogP contribution in [0, 0.1) is 0 Å². The topological polar surface area (TPSA) is 12.9 Å². The highest BCUT2D eigenvalue weighted by atomic mass is 79.9. The summed E-state index contributed by atoms with van der Waals surface area (Å²) in [7, 11) is 0. The van der Waals surface area contributed by atoms with Crippen LogP contribution in [0.15, 0.2) is 65.4 Å². The molecule has 0 N–H and O–H groups in total. The Balaban J connectivity index is 2.27. The molecule has 0 fully saturated rings. The highest BCUT2D eigenvalue weighted by Crippen LogP contribution is 2.28. The van der Waals surface area contributed by atoms with E-state index >= 15 is 0 Å². The van der Waals surface area contributed by atoms with Gasteiger partial charge in [0.25, 0.3) is 0 Å². The molecule has 2 heteroatoms. The van der Waals surface area contributed by atoms with Crippen LogP contribution in [0.5, 0.6) is 0 Å². The second kappa shape index (κ2) is 4.30. The Morgan fingerprint density at radius 3 is 2.41 bits per heavy atom. The van der Waals surface area contributed by atoms with Gasteiger partial charge >= 0.3 is 0 Å². The lowest BCUT2D eigenvalue weighted by atomic mass is 10.0. The molecular weight excluding hydrogens is 274 g/mol. The van der Waals surface area contributed by atoms with Crippen LogP contribution < -0.4 is 0 Å². The number of rotatable bonds is 1. The van der Waals surface area contributed by atoms with Crippen LogP contribution in [-0.4, -0.2) is 4.98 Å². The molecule has 0 aliphatic rings. The zero-order chi connectivity index (χ0) is 11.7. The average molecular weight is 284 g/mol. The minimum absolute atomic E-state index is 1.09. The van der Waals surface area contributed by atoms with Gasteiger partial charge in [-0.05, 0) is 23.1 Å². The van der Waals surface area contributed by atoms with Crippen molar-refractivity contribution in [3.63, 3.8) is 0 Å². The van der Waals surface area contributed by atoms with Gasteiger partial charge in [0.1, 0.15) is 0 Å². The summed E-state index contributed by atoms with van der Waals surface area (Å²) in [6.45, 7) is 0. The molecule has 0 bridgehead atoms. The van der Waals surface area contributed by atoms with E-state index in [1.807, 2.05) is 18.5 Å². The molecule has 2 aromatic carbocycles. The number of aromatic nitrogens is 1. The van der Waals surface area contributed by atoms with E-state index < -0.39 is 0 Å². The smallest absolute Gasteiger partial charge is 0.0352 e. The second-order valence-corrected chi connectivity index (χ2v) is 4.83. The number of benzene rings is 2.